The minimum Gasteiger partial charge on any atom is -0.462 e. The Labute approximate surface area is 170 Å². The molecule has 2 aliphatic rings. The number of hydrogen-bond donors (Lipinski definition) is 2. The number of hydrogen-bond acceptors (Lipinski definition) is 7. The molecule has 0 spiro atoms. The predicted octanol–water partition coefficient (Wildman–Crippen LogP) is 1.80. The Morgan fingerprint density at radius 1 is 1.38 bits per heavy atom. The van der Waals surface area contributed by atoms with Crippen LogP contribution < -0.4 is 0 Å². The number of esters is 2. The monoisotopic (exact) mass is 404 g/mol. The standard InChI is InChI=1S/C22H28O7/c1-12-5-6-18(25)13(2)10-19-20(14(3)22(27)29-19)17(9-12)21(26)16(11-23)7-8-28-15(4)24/h5,7,10,17-20,23,25H,3,6,8-9,11H2,1-2,4H3/b12-5?,13-10+,16-7+/t17-,18+,19-,20-/m1/s1. The first-order valence-electron chi connectivity index (χ1n) is 9.55. The molecule has 2 rings (SSSR count). The molecule has 7 heteroatoms. The van der Waals surface area contributed by atoms with Gasteiger partial charge in [0.15, 0.2) is 5.78 Å². The van der Waals surface area contributed by atoms with E-state index < -0.39 is 42.6 Å². The van der Waals surface area contributed by atoms with Crippen molar-refractivity contribution in [3.63, 3.8) is 0 Å². The van der Waals surface area contributed by atoms with Crippen molar-refractivity contribution in [2.24, 2.45) is 11.8 Å². The Balaban J connectivity index is 2.45. The van der Waals surface area contributed by atoms with Crippen LogP contribution in [0, 0.1) is 11.8 Å². The molecule has 0 saturated carbocycles. The van der Waals surface area contributed by atoms with Crippen LogP contribution in [0.2, 0.25) is 0 Å². The summed E-state index contributed by atoms with van der Waals surface area (Å²) in [5.41, 5.74) is 1.82. The van der Waals surface area contributed by atoms with Crippen LogP contribution in [0.15, 0.2) is 47.1 Å². The van der Waals surface area contributed by atoms with E-state index in [0.29, 0.717) is 18.4 Å². The summed E-state index contributed by atoms with van der Waals surface area (Å²) in [7, 11) is 0. The molecule has 1 heterocycles. The molecular weight excluding hydrogens is 376 g/mol. The molecule has 0 aromatic carbocycles. The summed E-state index contributed by atoms with van der Waals surface area (Å²) in [6, 6.07) is 0. The molecule has 0 aromatic rings. The van der Waals surface area contributed by atoms with E-state index >= 15 is 0 Å². The summed E-state index contributed by atoms with van der Waals surface area (Å²) in [4.78, 5) is 36.5. The molecule has 29 heavy (non-hydrogen) atoms. The van der Waals surface area contributed by atoms with E-state index in [0.717, 1.165) is 5.57 Å². The van der Waals surface area contributed by atoms with Crippen LogP contribution >= 0.6 is 0 Å². The van der Waals surface area contributed by atoms with Gasteiger partial charge in [0.1, 0.15) is 12.7 Å². The number of ketones is 1. The van der Waals surface area contributed by atoms with Gasteiger partial charge >= 0.3 is 11.9 Å². The van der Waals surface area contributed by atoms with Crippen molar-refractivity contribution < 1.29 is 34.1 Å². The molecule has 0 bridgehead atoms. The largest absolute Gasteiger partial charge is 0.462 e. The zero-order chi connectivity index (χ0) is 21.7. The zero-order valence-corrected chi connectivity index (χ0v) is 17.0. The Hall–Kier alpha value is -2.51. The number of aliphatic hydroxyl groups excluding tert-OH is 2. The molecular formula is C22H28O7. The lowest BCUT2D eigenvalue weighted by atomic mass is 9.75. The molecule has 0 unspecified atom stereocenters. The van der Waals surface area contributed by atoms with Crippen molar-refractivity contribution >= 4 is 17.7 Å². The normalized spacial score (nSPS) is 29.9. The van der Waals surface area contributed by atoms with Crippen LogP contribution in [0.4, 0.5) is 0 Å². The highest BCUT2D eigenvalue weighted by Crippen LogP contribution is 2.39. The minimum atomic E-state index is -0.724. The number of carbonyl (C=O) groups excluding carboxylic acids is 3. The number of aliphatic hydroxyl groups is 2. The molecule has 2 N–H and O–H groups in total. The number of fused-ring (bicyclic) bond motifs is 1. The number of Topliss-reactive ketones (excluding diaryl/α,β-unsaturated/α-hetero) is 1. The molecule has 158 valence electrons. The Bertz CT molecular complexity index is 787. The van der Waals surface area contributed by atoms with E-state index in [-0.39, 0.29) is 23.5 Å². The summed E-state index contributed by atoms with van der Waals surface area (Å²) < 4.78 is 10.3. The zero-order valence-electron chi connectivity index (χ0n) is 17.0. The maximum atomic E-state index is 13.3. The highest BCUT2D eigenvalue weighted by atomic mass is 16.6. The van der Waals surface area contributed by atoms with Crippen molar-refractivity contribution in [3.8, 4) is 0 Å². The maximum Gasteiger partial charge on any atom is 0.334 e. The predicted molar refractivity (Wildman–Crippen MR) is 106 cm³/mol. The second-order valence-electron chi connectivity index (χ2n) is 7.50. The first-order valence-corrected chi connectivity index (χ1v) is 9.55. The van der Waals surface area contributed by atoms with Gasteiger partial charge in [-0.1, -0.05) is 18.2 Å². The first-order chi connectivity index (χ1) is 13.6. The number of carbonyl (C=O) groups is 3. The minimum absolute atomic E-state index is 0.104. The highest BCUT2D eigenvalue weighted by Gasteiger charge is 2.45. The van der Waals surface area contributed by atoms with E-state index in [4.69, 9.17) is 9.47 Å². The second kappa shape index (κ2) is 9.80. The van der Waals surface area contributed by atoms with Gasteiger partial charge in [-0.05, 0) is 44.4 Å². The third kappa shape index (κ3) is 5.52. The van der Waals surface area contributed by atoms with Crippen molar-refractivity contribution in [1.82, 2.24) is 0 Å². The van der Waals surface area contributed by atoms with Crippen molar-refractivity contribution in [3.05, 3.63) is 47.1 Å². The third-order valence-electron chi connectivity index (χ3n) is 5.32. The first kappa shape index (κ1) is 22.8. The molecule has 4 atom stereocenters. The van der Waals surface area contributed by atoms with E-state index in [1.54, 1.807) is 13.0 Å². The van der Waals surface area contributed by atoms with E-state index in [9.17, 15) is 24.6 Å². The Morgan fingerprint density at radius 3 is 2.69 bits per heavy atom. The summed E-state index contributed by atoms with van der Waals surface area (Å²) in [6.07, 6.45) is 4.18. The number of allylic oxidation sites excluding steroid dienone is 1. The van der Waals surface area contributed by atoms with Crippen LogP contribution in [0.1, 0.15) is 33.6 Å². The quantitative estimate of drug-likeness (QED) is 0.408. The second-order valence-corrected chi connectivity index (χ2v) is 7.50. The van der Waals surface area contributed by atoms with Crippen LogP contribution in [0.25, 0.3) is 0 Å². The van der Waals surface area contributed by atoms with Crippen molar-refractivity contribution in [2.75, 3.05) is 13.2 Å². The van der Waals surface area contributed by atoms with Crippen LogP contribution in [0.3, 0.4) is 0 Å². The molecule has 1 fully saturated rings. The smallest absolute Gasteiger partial charge is 0.334 e. The van der Waals surface area contributed by atoms with Crippen molar-refractivity contribution in [1.29, 1.82) is 0 Å². The molecule has 1 saturated heterocycles. The molecule has 0 aromatic heterocycles. The van der Waals surface area contributed by atoms with E-state index in [2.05, 4.69) is 6.58 Å². The summed E-state index contributed by atoms with van der Waals surface area (Å²) >= 11 is 0. The lowest BCUT2D eigenvalue weighted by Gasteiger charge is -2.27. The SMILES string of the molecule is C=C1C(=O)O[C@@H]2/C=C(\C)[C@@H](O)CC=C(C)C[C@@H](C(=O)/C(=C/COC(C)=O)CO)[C@@H]12. The van der Waals surface area contributed by atoms with Crippen LogP contribution in [-0.4, -0.2) is 53.4 Å². The summed E-state index contributed by atoms with van der Waals surface area (Å²) in [5, 5.41) is 20.0. The van der Waals surface area contributed by atoms with E-state index in [1.165, 1.54) is 13.0 Å². The van der Waals surface area contributed by atoms with Gasteiger partial charge in [-0.3, -0.25) is 9.59 Å². The lowest BCUT2D eigenvalue weighted by molar-refractivity contribution is -0.140. The Morgan fingerprint density at radius 2 is 2.07 bits per heavy atom. The fourth-order valence-corrected chi connectivity index (χ4v) is 3.64. The van der Waals surface area contributed by atoms with Gasteiger partial charge in [0.25, 0.3) is 0 Å². The fourth-order valence-electron chi connectivity index (χ4n) is 3.64. The third-order valence-corrected chi connectivity index (χ3v) is 5.32. The van der Waals surface area contributed by atoms with Crippen LogP contribution in [0.5, 0.6) is 0 Å². The number of rotatable bonds is 5. The average Bonchev–Trinajstić information content (AvgIpc) is 2.93. The molecule has 7 nitrogen and oxygen atoms in total. The van der Waals surface area contributed by atoms with Crippen molar-refractivity contribution in [2.45, 2.75) is 45.8 Å². The Kier molecular flexibility index (Phi) is 7.70. The van der Waals surface area contributed by atoms with Gasteiger partial charge in [0.2, 0.25) is 0 Å². The average molecular weight is 404 g/mol. The van der Waals surface area contributed by atoms with Gasteiger partial charge < -0.3 is 19.7 Å². The molecule has 1 aliphatic carbocycles. The summed E-state index contributed by atoms with van der Waals surface area (Å²) in [6.45, 7) is 8.03. The van der Waals surface area contributed by atoms with Gasteiger partial charge in [-0.15, -0.1) is 0 Å². The van der Waals surface area contributed by atoms with E-state index in [1.807, 2.05) is 13.0 Å². The molecule has 0 amide bonds. The van der Waals surface area contributed by atoms with Gasteiger partial charge in [0, 0.05) is 29.9 Å². The fraction of sp³-hybridized carbons (Fsp3) is 0.500. The topological polar surface area (TPSA) is 110 Å². The number of ether oxygens (including phenoxy) is 2. The van der Waals surface area contributed by atoms with Gasteiger partial charge in [-0.2, -0.15) is 0 Å². The molecule has 0 radical (unpaired) electrons. The maximum absolute atomic E-state index is 13.3. The van der Waals surface area contributed by atoms with Gasteiger partial charge in [-0.25, -0.2) is 4.79 Å². The van der Waals surface area contributed by atoms with Gasteiger partial charge in [0.05, 0.1) is 12.7 Å². The molecule has 1 aliphatic heterocycles. The summed E-state index contributed by atoms with van der Waals surface area (Å²) in [5.74, 6) is -2.74. The van der Waals surface area contributed by atoms with Crippen LogP contribution in [-0.2, 0) is 23.9 Å². The lowest BCUT2D eigenvalue weighted by Crippen LogP contribution is -2.33. The highest BCUT2D eigenvalue weighted by molar-refractivity contribution is 6.00.